The van der Waals surface area contributed by atoms with Gasteiger partial charge in [-0.25, -0.2) is 14.6 Å². The number of nitrogens with two attached hydrogens (primary N) is 1. The molecule has 4 atom stereocenters. The molecule has 0 saturated carbocycles. The predicted molar refractivity (Wildman–Crippen MR) is 240 cm³/mol. The third-order valence-corrected chi connectivity index (χ3v) is 11.7. The second-order valence-corrected chi connectivity index (χ2v) is 16.9. The minimum absolute atomic E-state index is 0.0114. The average molecular weight is 943 g/mol. The molecule has 0 aliphatic carbocycles. The maximum absolute atomic E-state index is 13.7. The van der Waals surface area contributed by atoms with E-state index in [1.807, 2.05) is 25.1 Å². The number of ether oxygens (including phenoxy) is 2. The van der Waals surface area contributed by atoms with Crippen LogP contribution in [0.5, 0.6) is 5.75 Å². The third-order valence-electron chi connectivity index (χ3n) is 11.7. The molecule has 23 heteroatoms. The number of esters is 1. The maximum Gasteiger partial charge on any atom is 0.412 e. The summed E-state index contributed by atoms with van der Waals surface area (Å²) in [6.07, 6.45) is 0.955. The van der Waals surface area contributed by atoms with Crippen molar-refractivity contribution in [3.05, 3.63) is 69.0 Å². The lowest BCUT2D eigenvalue weighted by Gasteiger charge is -2.31. The first-order valence-electron chi connectivity index (χ1n) is 21.9. The number of aromatic nitrogens is 2. The van der Waals surface area contributed by atoms with E-state index in [-0.39, 0.29) is 81.8 Å². The van der Waals surface area contributed by atoms with Gasteiger partial charge in [-0.3, -0.25) is 43.3 Å². The lowest BCUT2D eigenvalue weighted by molar-refractivity contribution is -0.172. The monoisotopic (exact) mass is 942 g/mol. The molecule has 0 unspecified atom stereocenters. The van der Waals surface area contributed by atoms with Crippen molar-refractivity contribution in [1.29, 1.82) is 0 Å². The van der Waals surface area contributed by atoms with Crippen LogP contribution < -0.4 is 42.6 Å². The van der Waals surface area contributed by atoms with E-state index in [1.165, 1.54) is 18.4 Å². The molecule has 1 aromatic carbocycles. The highest BCUT2D eigenvalue weighted by Gasteiger charge is 2.45. The van der Waals surface area contributed by atoms with Crippen LogP contribution in [-0.4, -0.2) is 130 Å². The highest BCUT2D eigenvalue weighted by Crippen LogP contribution is 2.40. The SMILES string of the molecule is CC[C@@]1(O)C(=O)OCc2c1cc1n(c2=O)Cc2cc3c(CN(C)C)c(OC(=O)NCCNC(=O)[C@H](C)NC(=O)[C@H](C)NC(=O)[C@H](CCC(N)=O)NC(=O)CCCN4C(=O)C=CC4=O)ccc3nc2-1. The number of hydrogen-bond acceptors (Lipinski definition) is 15. The third kappa shape index (κ3) is 11.0. The number of amides is 8. The van der Waals surface area contributed by atoms with Gasteiger partial charge in [-0.2, -0.15) is 0 Å². The van der Waals surface area contributed by atoms with Gasteiger partial charge >= 0.3 is 12.1 Å². The molecule has 2 aromatic heterocycles. The van der Waals surface area contributed by atoms with Crippen LogP contribution in [-0.2, 0) is 68.4 Å². The Bertz CT molecular complexity index is 2660. The highest BCUT2D eigenvalue weighted by atomic mass is 16.6. The molecule has 3 aliphatic heterocycles. The average Bonchev–Trinajstić information content (AvgIpc) is 3.82. The van der Waals surface area contributed by atoms with Crippen LogP contribution in [0.25, 0.3) is 22.3 Å². The molecular formula is C45H54N10O13. The Kier molecular flexibility index (Phi) is 15.4. The second kappa shape index (κ2) is 21.0. The van der Waals surface area contributed by atoms with E-state index in [1.54, 1.807) is 25.1 Å². The van der Waals surface area contributed by atoms with Gasteiger partial charge in [0.25, 0.3) is 17.4 Å². The van der Waals surface area contributed by atoms with Crippen LogP contribution >= 0.6 is 0 Å². The van der Waals surface area contributed by atoms with Gasteiger partial charge in [-0.1, -0.05) is 6.92 Å². The molecule has 23 nitrogen and oxygen atoms in total. The molecule has 0 bridgehead atoms. The molecular weight excluding hydrogens is 889 g/mol. The number of rotatable bonds is 20. The van der Waals surface area contributed by atoms with Gasteiger partial charge < -0.3 is 56.4 Å². The van der Waals surface area contributed by atoms with E-state index >= 15 is 0 Å². The summed E-state index contributed by atoms with van der Waals surface area (Å²) >= 11 is 0. The lowest BCUT2D eigenvalue weighted by Crippen LogP contribution is -2.55. The van der Waals surface area contributed by atoms with Crippen molar-refractivity contribution in [2.45, 2.75) is 96.3 Å². The molecule has 362 valence electrons. The van der Waals surface area contributed by atoms with Crippen LogP contribution in [0.3, 0.4) is 0 Å². The molecule has 0 radical (unpaired) electrons. The number of cyclic esters (lactones) is 1. The largest absolute Gasteiger partial charge is 0.458 e. The smallest absolute Gasteiger partial charge is 0.412 e. The standard InChI is InChI=1S/C45H54N10O13/c1-6-45(66)29-19-32-38-25(20-55(32)42(63)28(29)22-67-43(45)64)18-26-27(21-53(4)5)33(11-9-30(26)52-38)68-44(65)48-16-15-47-39(60)23(2)49-40(61)24(3)50-41(62)31(10-12-34(46)56)51-35(57)8-7-17-54-36(58)13-14-37(54)59/h9,11,13-14,18-19,23-24,31,66H,6-8,10,12,15-17,20-22H2,1-5H3,(H2,46,56)(H,47,60)(H,48,65)(H,49,61)(H,50,62)(H,51,57)/t23-,24-,31-,45-/m0/s1. The summed E-state index contributed by atoms with van der Waals surface area (Å²) in [6, 6.07) is 3.25. The Morgan fingerprint density at radius 2 is 1.60 bits per heavy atom. The van der Waals surface area contributed by atoms with Crippen molar-refractivity contribution in [2.75, 3.05) is 33.7 Å². The number of benzene rings is 1. The molecule has 3 aliphatic rings. The topological polar surface area (TPSA) is 320 Å². The fraction of sp³-hybridized carbons (Fsp3) is 0.444. The normalized spacial score (nSPS) is 17.1. The van der Waals surface area contributed by atoms with Crippen molar-refractivity contribution in [3.63, 3.8) is 0 Å². The van der Waals surface area contributed by atoms with Crippen LogP contribution in [0.4, 0.5) is 4.79 Å². The molecule has 3 aromatic rings. The van der Waals surface area contributed by atoms with Crippen molar-refractivity contribution >= 4 is 64.3 Å². The van der Waals surface area contributed by atoms with Crippen molar-refractivity contribution in [1.82, 2.24) is 45.9 Å². The summed E-state index contributed by atoms with van der Waals surface area (Å²) in [7, 11) is 3.68. The van der Waals surface area contributed by atoms with Crippen molar-refractivity contribution in [2.24, 2.45) is 5.73 Å². The van der Waals surface area contributed by atoms with Gasteiger partial charge in [0.2, 0.25) is 29.5 Å². The van der Waals surface area contributed by atoms with Crippen molar-refractivity contribution < 1.29 is 57.7 Å². The van der Waals surface area contributed by atoms with Crippen LogP contribution in [0.1, 0.15) is 75.1 Å². The number of imide groups is 1. The first-order chi connectivity index (χ1) is 32.2. The lowest BCUT2D eigenvalue weighted by atomic mass is 9.86. The highest BCUT2D eigenvalue weighted by molar-refractivity contribution is 6.12. The number of nitrogens with one attached hydrogen (secondary N) is 5. The van der Waals surface area contributed by atoms with E-state index < -0.39 is 82.7 Å². The fourth-order valence-corrected chi connectivity index (χ4v) is 7.96. The summed E-state index contributed by atoms with van der Waals surface area (Å²) in [5.74, 6) is -5.05. The van der Waals surface area contributed by atoms with Gasteiger partial charge in [-0.05, 0) is 71.5 Å². The van der Waals surface area contributed by atoms with Crippen LogP contribution in [0.2, 0.25) is 0 Å². The summed E-state index contributed by atoms with van der Waals surface area (Å²) < 4.78 is 12.4. The Morgan fingerprint density at radius 3 is 2.28 bits per heavy atom. The molecule has 0 saturated heterocycles. The first kappa shape index (κ1) is 49.9. The minimum Gasteiger partial charge on any atom is -0.458 e. The predicted octanol–water partition coefficient (Wildman–Crippen LogP) is -1.19. The summed E-state index contributed by atoms with van der Waals surface area (Å²) in [6.45, 7) is 4.51. The van der Waals surface area contributed by atoms with Gasteiger partial charge in [0.05, 0.1) is 29.0 Å². The van der Waals surface area contributed by atoms with Crippen LogP contribution in [0.15, 0.2) is 41.2 Å². The van der Waals surface area contributed by atoms with E-state index in [9.17, 15) is 53.1 Å². The van der Waals surface area contributed by atoms with Crippen molar-refractivity contribution in [3.8, 4) is 17.1 Å². The molecule has 0 spiro atoms. The number of hydrogen-bond donors (Lipinski definition) is 7. The van der Waals surface area contributed by atoms with Gasteiger partial charge in [0.1, 0.15) is 30.5 Å². The zero-order valence-electron chi connectivity index (χ0n) is 38.2. The Labute approximate surface area is 389 Å². The molecule has 5 heterocycles. The molecule has 68 heavy (non-hydrogen) atoms. The summed E-state index contributed by atoms with van der Waals surface area (Å²) in [5, 5.41) is 24.5. The molecule has 0 fully saturated rings. The molecule has 6 rings (SSSR count). The minimum atomic E-state index is -1.96. The van der Waals surface area contributed by atoms with Gasteiger partial charge in [0.15, 0.2) is 5.60 Å². The number of nitrogens with zero attached hydrogens (tertiary/aromatic N) is 4. The Morgan fingerprint density at radius 1 is 0.926 bits per heavy atom. The van der Waals surface area contributed by atoms with Crippen LogP contribution in [0, 0.1) is 0 Å². The molecule has 8 amide bonds. The molecule has 8 N–H and O–H groups in total. The zero-order chi connectivity index (χ0) is 49.6. The van der Waals surface area contributed by atoms with E-state index in [4.69, 9.17) is 20.2 Å². The number of pyridine rings is 2. The number of aliphatic hydroxyl groups is 1. The Hall–Kier alpha value is -7.53. The van der Waals surface area contributed by atoms with E-state index in [0.717, 1.165) is 17.1 Å². The number of primary amides is 1. The van der Waals surface area contributed by atoms with Gasteiger partial charge in [-0.15, -0.1) is 0 Å². The van der Waals surface area contributed by atoms with E-state index in [0.29, 0.717) is 40.0 Å². The zero-order valence-corrected chi connectivity index (χ0v) is 38.2. The quantitative estimate of drug-likeness (QED) is 0.0311. The second-order valence-electron chi connectivity index (χ2n) is 16.9. The maximum atomic E-state index is 13.7. The number of fused-ring (bicyclic) bond motifs is 5. The van der Waals surface area contributed by atoms with E-state index in [2.05, 4.69) is 26.6 Å². The Balaban J connectivity index is 0.996. The first-order valence-corrected chi connectivity index (χ1v) is 21.9. The number of carbonyl (C=O) groups is 9. The van der Waals surface area contributed by atoms with Gasteiger partial charge in [0, 0.05) is 73.2 Å². The fourth-order valence-electron chi connectivity index (χ4n) is 7.96. The summed E-state index contributed by atoms with van der Waals surface area (Å²) in [4.78, 5) is 134. The number of carbonyl (C=O) groups excluding carboxylic acids is 9. The summed E-state index contributed by atoms with van der Waals surface area (Å²) in [5.41, 5.74) is 6.16.